The number of nitrogens with one attached hydrogen (secondary N) is 3. The van der Waals surface area contributed by atoms with Gasteiger partial charge in [0.2, 0.25) is 16.9 Å². The molecule has 31 heteroatoms. The molecule has 8 unspecified atom stereocenters. The molecule has 2 aromatic heterocycles. The zero-order chi connectivity index (χ0) is 42.2. The van der Waals surface area contributed by atoms with Crippen molar-refractivity contribution in [2.24, 2.45) is 11.1 Å². The van der Waals surface area contributed by atoms with Crippen molar-refractivity contribution in [3.63, 3.8) is 0 Å². The average Bonchev–Trinajstić information content (AvgIpc) is 3.64. The number of phosphoric acid groups is 3. The second-order valence-electron chi connectivity index (χ2n) is 12.5. The smallest absolute Gasteiger partial charge is 0.386 e. The number of rotatable bonds is 21. The molecule has 8 atom stereocenters. The topological polar surface area (TPSA) is 419 Å². The predicted octanol–water partition coefficient (Wildman–Crippen LogP) is -2.28. The number of nitrogens with zero attached hydrogens (tertiary/aromatic N) is 4. The number of aliphatic hydroxyl groups is 2. The minimum atomic E-state index is -5.59. The zero-order valence-corrected chi connectivity index (χ0v) is 33.1. The van der Waals surface area contributed by atoms with Gasteiger partial charge in [0.1, 0.15) is 36.3 Å². The van der Waals surface area contributed by atoms with Crippen LogP contribution in [0.15, 0.2) is 12.7 Å². The standard InChI is InChI=1S/C25H42N9O18P3S/c1-12(33-24(27)40)23(39)56-7-6-28-14(35)4-5-29-21(38)18(37)25(2,3)9-49-55(46,47)52-54(44,45)48-8-13-17(51-53(41,42)43)16(36)22(50-13)34-11-32-15-19(26)30-10-31-20(15)34/h10-13,16-18,22,36-37H,4-9H2,1-3H3,(H,28,35)(H,29,38)(H,44,45)(H,46,47)(H2,26,30,31)(H3,27,33,40)(H2,41,42,43). The van der Waals surface area contributed by atoms with Gasteiger partial charge in [-0.25, -0.2) is 33.4 Å². The molecule has 1 saturated heterocycles. The van der Waals surface area contributed by atoms with Crippen molar-refractivity contribution in [3.8, 4) is 0 Å². The van der Waals surface area contributed by atoms with Gasteiger partial charge in [-0.2, -0.15) is 4.31 Å². The first-order chi connectivity index (χ1) is 25.8. The minimum Gasteiger partial charge on any atom is -0.386 e. The molecule has 0 aliphatic carbocycles. The van der Waals surface area contributed by atoms with Crippen molar-refractivity contribution in [2.45, 2.75) is 63.9 Å². The Morgan fingerprint density at radius 1 is 1.05 bits per heavy atom. The quantitative estimate of drug-likeness (QED) is 0.0465. The van der Waals surface area contributed by atoms with Crippen LogP contribution in [-0.2, 0) is 50.7 Å². The number of aliphatic hydroxyl groups excluding tert-OH is 2. The number of carbonyl (C=O) groups excluding carboxylic acids is 4. The fourth-order valence-corrected chi connectivity index (χ4v) is 8.22. The van der Waals surface area contributed by atoms with Gasteiger partial charge in [0.15, 0.2) is 17.7 Å². The van der Waals surface area contributed by atoms with E-state index < -0.39 is 96.6 Å². The van der Waals surface area contributed by atoms with Crippen LogP contribution in [0.5, 0.6) is 0 Å². The van der Waals surface area contributed by atoms with Crippen molar-refractivity contribution >= 4 is 75.2 Å². The van der Waals surface area contributed by atoms with Gasteiger partial charge in [0, 0.05) is 30.7 Å². The number of primary amides is 1. The number of urea groups is 1. The van der Waals surface area contributed by atoms with Crippen LogP contribution in [0, 0.1) is 5.41 Å². The van der Waals surface area contributed by atoms with Gasteiger partial charge in [-0.1, -0.05) is 25.6 Å². The normalized spacial score (nSPS) is 22.1. The molecule has 1 aliphatic heterocycles. The summed E-state index contributed by atoms with van der Waals surface area (Å²) in [4.78, 5) is 98.1. The van der Waals surface area contributed by atoms with Gasteiger partial charge in [0.05, 0.1) is 25.6 Å². The monoisotopic (exact) mass is 881 g/mol. The van der Waals surface area contributed by atoms with Crippen LogP contribution in [0.3, 0.4) is 0 Å². The van der Waals surface area contributed by atoms with E-state index in [1.165, 1.54) is 20.8 Å². The molecule has 1 aliphatic rings. The van der Waals surface area contributed by atoms with Crippen LogP contribution in [0.1, 0.15) is 33.4 Å². The van der Waals surface area contributed by atoms with Crippen molar-refractivity contribution in [1.82, 2.24) is 35.5 Å². The number of thioether (sulfide) groups is 1. The number of anilines is 1. The first kappa shape index (κ1) is 47.2. The second kappa shape index (κ2) is 19.5. The van der Waals surface area contributed by atoms with E-state index in [0.29, 0.717) is 0 Å². The van der Waals surface area contributed by atoms with Gasteiger partial charge in [0.25, 0.3) is 0 Å². The van der Waals surface area contributed by atoms with Crippen LogP contribution < -0.4 is 27.4 Å². The van der Waals surface area contributed by atoms with E-state index in [1.807, 2.05) is 0 Å². The third kappa shape index (κ3) is 14.0. The number of imidazole rings is 1. The molecule has 0 radical (unpaired) electrons. The Bertz CT molecular complexity index is 1880. The van der Waals surface area contributed by atoms with E-state index in [-0.39, 0.29) is 47.4 Å². The molecular weight excluding hydrogens is 839 g/mol. The maximum atomic E-state index is 12.7. The molecule has 0 bridgehead atoms. The molecule has 56 heavy (non-hydrogen) atoms. The predicted molar refractivity (Wildman–Crippen MR) is 189 cm³/mol. The Morgan fingerprint density at radius 2 is 1.71 bits per heavy atom. The van der Waals surface area contributed by atoms with Crippen molar-refractivity contribution < 1.29 is 85.3 Å². The molecule has 1 fully saturated rings. The third-order valence-corrected chi connectivity index (χ3v) is 11.6. The van der Waals surface area contributed by atoms with Crippen molar-refractivity contribution in [2.75, 3.05) is 37.8 Å². The molecule has 0 spiro atoms. The lowest BCUT2D eigenvalue weighted by Gasteiger charge is -2.30. The average molecular weight is 882 g/mol. The van der Waals surface area contributed by atoms with Gasteiger partial charge in [-0.3, -0.25) is 32.5 Å². The third-order valence-electron chi connectivity index (χ3n) is 7.46. The number of amides is 4. The summed E-state index contributed by atoms with van der Waals surface area (Å²) in [6, 6.07) is -1.69. The highest BCUT2D eigenvalue weighted by Crippen LogP contribution is 2.61. The lowest BCUT2D eigenvalue weighted by atomic mass is 9.87. The largest absolute Gasteiger partial charge is 0.481 e. The first-order valence-corrected chi connectivity index (χ1v) is 21.4. The Morgan fingerprint density at radius 3 is 2.36 bits per heavy atom. The number of carbonyl (C=O) groups is 4. The van der Waals surface area contributed by atoms with Gasteiger partial charge < -0.3 is 61.9 Å². The number of hydrogen-bond donors (Lipinski definition) is 11. The van der Waals surface area contributed by atoms with Gasteiger partial charge in [-0.15, -0.1) is 0 Å². The number of hydrogen-bond acceptors (Lipinski definition) is 19. The van der Waals surface area contributed by atoms with Crippen molar-refractivity contribution in [3.05, 3.63) is 12.7 Å². The summed E-state index contributed by atoms with van der Waals surface area (Å²) in [7, 11) is -16.4. The Balaban J connectivity index is 1.49. The zero-order valence-electron chi connectivity index (χ0n) is 29.6. The number of ether oxygens (including phenoxy) is 1. The Labute approximate surface area is 321 Å². The summed E-state index contributed by atoms with van der Waals surface area (Å²) >= 11 is 0.850. The summed E-state index contributed by atoms with van der Waals surface area (Å²) in [6.07, 6.45) is -7.08. The molecule has 2 aromatic rings. The van der Waals surface area contributed by atoms with Crippen molar-refractivity contribution in [1.29, 1.82) is 0 Å². The number of fused-ring (bicyclic) bond motifs is 1. The van der Waals surface area contributed by atoms with Crippen LogP contribution in [0.4, 0.5) is 10.6 Å². The minimum absolute atomic E-state index is 0.0205. The molecular formula is C25H42N9O18P3S. The lowest BCUT2D eigenvalue weighted by Crippen LogP contribution is -2.46. The molecule has 3 heterocycles. The molecule has 3 rings (SSSR count). The highest BCUT2D eigenvalue weighted by molar-refractivity contribution is 8.13. The first-order valence-electron chi connectivity index (χ1n) is 15.9. The highest BCUT2D eigenvalue weighted by atomic mass is 32.2. The highest BCUT2D eigenvalue weighted by Gasteiger charge is 2.50. The molecule has 0 saturated carbocycles. The number of nitrogens with two attached hydrogens (primary N) is 2. The van der Waals surface area contributed by atoms with E-state index in [4.69, 9.17) is 25.3 Å². The maximum Gasteiger partial charge on any atom is 0.481 e. The Kier molecular flexibility index (Phi) is 16.5. The Hall–Kier alpha value is -3.17. The summed E-state index contributed by atoms with van der Waals surface area (Å²) in [5.74, 6) is -1.40. The van der Waals surface area contributed by atoms with Crippen LogP contribution in [0.25, 0.3) is 11.2 Å². The van der Waals surface area contributed by atoms with Gasteiger partial charge in [-0.05, 0) is 6.92 Å². The summed E-state index contributed by atoms with van der Waals surface area (Å²) in [5, 5.41) is 28.0. The molecule has 13 N–H and O–H groups in total. The maximum absolute atomic E-state index is 12.7. The molecule has 0 aromatic carbocycles. The molecule has 27 nitrogen and oxygen atoms in total. The number of aromatic nitrogens is 4. The van der Waals surface area contributed by atoms with E-state index in [9.17, 15) is 62.7 Å². The summed E-state index contributed by atoms with van der Waals surface area (Å²) in [5.41, 5.74) is 9.16. The number of phosphoric ester groups is 3. The lowest BCUT2D eigenvalue weighted by molar-refractivity contribution is -0.137. The van der Waals surface area contributed by atoms with E-state index in [0.717, 1.165) is 29.0 Å². The summed E-state index contributed by atoms with van der Waals surface area (Å²) < 4.78 is 62.0. The fraction of sp³-hybridized carbons (Fsp3) is 0.640. The van der Waals surface area contributed by atoms with Crippen LogP contribution in [-0.4, -0.2) is 135 Å². The van der Waals surface area contributed by atoms with Crippen LogP contribution in [0.2, 0.25) is 0 Å². The second-order valence-corrected chi connectivity index (χ2v) is 17.8. The van der Waals surface area contributed by atoms with E-state index >= 15 is 0 Å². The molecule has 316 valence electrons. The van der Waals surface area contributed by atoms with Crippen LogP contribution >= 0.6 is 35.2 Å². The SMILES string of the molecule is CC(NC(N)=O)C(=O)SCCNC(=O)CCNC(=O)C(O)C(C)(C)COP(=O)(O)OP(=O)(O)OCC1OC(n2cnc3c(N)ncnc32)C(O)C1OP(=O)(O)O. The number of nitrogen functional groups attached to an aromatic ring is 1. The molecule has 4 amide bonds. The van der Waals surface area contributed by atoms with E-state index in [2.05, 4.69) is 39.7 Å². The fourth-order valence-electron chi connectivity index (χ4n) is 4.68. The van der Waals surface area contributed by atoms with Gasteiger partial charge >= 0.3 is 29.5 Å². The van der Waals surface area contributed by atoms with E-state index in [1.54, 1.807) is 0 Å². The summed E-state index contributed by atoms with van der Waals surface area (Å²) in [6.45, 7) is 1.66.